The number of halogens is 3. The van der Waals surface area contributed by atoms with Crippen LogP contribution < -0.4 is 10.2 Å². The number of aromatic nitrogens is 2. The van der Waals surface area contributed by atoms with Crippen molar-refractivity contribution in [2.75, 3.05) is 23.3 Å². The molecule has 1 aliphatic heterocycles. The van der Waals surface area contributed by atoms with Crippen molar-refractivity contribution >= 4 is 17.4 Å². The van der Waals surface area contributed by atoms with Crippen molar-refractivity contribution in [2.45, 2.75) is 32.4 Å². The van der Waals surface area contributed by atoms with Crippen LogP contribution >= 0.6 is 0 Å². The van der Waals surface area contributed by atoms with Gasteiger partial charge < -0.3 is 10.2 Å². The summed E-state index contributed by atoms with van der Waals surface area (Å²) in [6.45, 7) is 4.50. The normalized spacial score (nSPS) is 15.9. The van der Waals surface area contributed by atoms with Crippen molar-refractivity contribution in [1.82, 2.24) is 9.97 Å². The molecule has 4 rings (SSSR count). The van der Waals surface area contributed by atoms with Gasteiger partial charge in [0.05, 0.1) is 17.8 Å². The molecule has 8 heteroatoms. The number of rotatable bonds is 5. The summed E-state index contributed by atoms with van der Waals surface area (Å²) in [7, 11) is 0. The molecule has 3 heterocycles. The molecule has 0 aliphatic carbocycles. The van der Waals surface area contributed by atoms with E-state index in [1.807, 2.05) is 13.8 Å². The Kier molecular flexibility index (Phi) is 6.12. The number of hydrogen-bond donors (Lipinski definition) is 1. The molecule has 32 heavy (non-hydrogen) atoms. The van der Waals surface area contributed by atoms with Crippen LogP contribution in [0.15, 0.2) is 48.8 Å². The zero-order valence-corrected chi connectivity index (χ0v) is 17.8. The SMILES string of the molecule is CC(C)c1ccc(C(=O)Nc2c(-c3cc(F)ccc3F)ccnc2N2CCC(F)C2)cn1. The Bertz CT molecular complexity index is 1130. The molecule has 1 atom stereocenters. The van der Waals surface area contributed by atoms with E-state index >= 15 is 0 Å². The highest BCUT2D eigenvalue weighted by atomic mass is 19.1. The molecule has 1 fully saturated rings. The largest absolute Gasteiger partial charge is 0.352 e. The van der Waals surface area contributed by atoms with Gasteiger partial charge in [-0.3, -0.25) is 9.78 Å². The van der Waals surface area contributed by atoms with Gasteiger partial charge in [-0.05, 0) is 48.7 Å². The Labute approximate surface area is 184 Å². The average molecular weight is 440 g/mol. The lowest BCUT2D eigenvalue weighted by atomic mass is 10.0. The molecule has 1 unspecified atom stereocenters. The molecule has 0 bridgehead atoms. The van der Waals surface area contributed by atoms with Crippen molar-refractivity contribution < 1.29 is 18.0 Å². The molecule has 2 aromatic heterocycles. The van der Waals surface area contributed by atoms with Crippen molar-refractivity contribution in [3.05, 3.63) is 71.7 Å². The minimum atomic E-state index is -1.03. The van der Waals surface area contributed by atoms with Gasteiger partial charge in [0.2, 0.25) is 0 Å². The lowest BCUT2D eigenvalue weighted by molar-refractivity contribution is 0.102. The number of anilines is 2. The predicted octanol–water partition coefficient (Wildman–Crippen LogP) is 5.35. The number of alkyl halides is 1. The van der Waals surface area contributed by atoms with Gasteiger partial charge in [0.25, 0.3) is 5.91 Å². The van der Waals surface area contributed by atoms with Crippen LogP contribution in [-0.2, 0) is 0 Å². The van der Waals surface area contributed by atoms with Crippen molar-refractivity contribution in [3.63, 3.8) is 0 Å². The Morgan fingerprint density at radius 2 is 1.94 bits per heavy atom. The molecule has 0 saturated carbocycles. The lowest BCUT2D eigenvalue weighted by Crippen LogP contribution is -2.24. The third kappa shape index (κ3) is 4.44. The van der Waals surface area contributed by atoms with Gasteiger partial charge in [-0.15, -0.1) is 0 Å². The number of benzene rings is 1. The summed E-state index contributed by atoms with van der Waals surface area (Å²) in [5, 5.41) is 2.79. The number of nitrogens with zero attached hydrogens (tertiary/aromatic N) is 3. The Hall–Kier alpha value is -3.42. The van der Waals surface area contributed by atoms with E-state index in [4.69, 9.17) is 0 Å². The minimum absolute atomic E-state index is 0.0202. The Morgan fingerprint density at radius 3 is 2.59 bits per heavy atom. The molecule has 1 amide bonds. The second-order valence-electron chi connectivity index (χ2n) is 8.09. The zero-order chi connectivity index (χ0) is 22.8. The van der Waals surface area contributed by atoms with Gasteiger partial charge in [0.15, 0.2) is 5.82 Å². The maximum absolute atomic E-state index is 14.6. The van der Waals surface area contributed by atoms with E-state index in [0.717, 1.165) is 23.9 Å². The molecule has 0 spiro atoms. The molecule has 1 saturated heterocycles. The van der Waals surface area contributed by atoms with Gasteiger partial charge in [0, 0.05) is 35.8 Å². The van der Waals surface area contributed by atoms with E-state index in [-0.39, 0.29) is 29.3 Å². The third-order valence-electron chi connectivity index (χ3n) is 5.46. The number of amides is 1. The highest BCUT2D eigenvalue weighted by molar-refractivity contribution is 6.08. The second-order valence-corrected chi connectivity index (χ2v) is 8.09. The zero-order valence-electron chi connectivity index (χ0n) is 17.8. The van der Waals surface area contributed by atoms with Crippen LogP contribution in [0.1, 0.15) is 42.2 Å². The van der Waals surface area contributed by atoms with Crippen LogP contribution in [0, 0.1) is 11.6 Å². The summed E-state index contributed by atoms with van der Waals surface area (Å²) < 4.78 is 42.4. The third-order valence-corrected chi connectivity index (χ3v) is 5.46. The van der Waals surface area contributed by atoms with Crippen LogP contribution in [0.25, 0.3) is 11.1 Å². The number of pyridine rings is 2. The maximum atomic E-state index is 14.6. The van der Waals surface area contributed by atoms with Gasteiger partial charge in [-0.2, -0.15) is 0 Å². The van der Waals surface area contributed by atoms with Crippen LogP contribution in [-0.4, -0.2) is 35.1 Å². The molecule has 3 aromatic rings. The number of hydrogen-bond acceptors (Lipinski definition) is 4. The minimum Gasteiger partial charge on any atom is -0.352 e. The monoisotopic (exact) mass is 440 g/mol. The highest BCUT2D eigenvalue weighted by Crippen LogP contribution is 2.38. The molecule has 5 nitrogen and oxygen atoms in total. The first-order valence-electron chi connectivity index (χ1n) is 10.4. The molecule has 1 aromatic carbocycles. The standard InChI is InChI=1S/C24H23F3N4O/c1-14(2)21-6-3-15(12-29-21)24(32)30-22-18(19-11-16(25)4-5-20(19)27)7-9-28-23(22)31-10-8-17(26)13-31/h3-7,9,11-12,14,17H,8,10,13H2,1-2H3,(H,30,32). The molecular formula is C24H23F3N4O. The van der Waals surface area contributed by atoms with Crippen LogP contribution in [0.2, 0.25) is 0 Å². The number of nitrogens with one attached hydrogen (secondary N) is 1. The van der Waals surface area contributed by atoms with E-state index in [1.165, 1.54) is 18.5 Å². The molecule has 166 valence electrons. The first kappa shape index (κ1) is 21.8. The summed E-state index contributed by atoms with van der Waals surface area (Å²) in [5.74, 6) is -1.21. The topological polar surface area (TPSA) is 58.1 Å². The van der Waals surface area contributed by atoms with E-state index in [2.05, 4.69) is 15.3 Å². The smallest absolute Gasteiger partial charge is 0.257 e. The number of carbonyl (C=O) groups is 1. The van der Waals surface area contributed by atoms with Crippen molar-refractivity contribution in [2.24, 2.45) is 0 Å². The first-order chi connectivity index (χ1) is 15.3. The summed E-state index contributed by atoms with van der Waals surface area (Å²) >= 11 is 0. The quantitative estimate of drug-likeness (QED) is 0.581. The Balaban J connectivity index is 1.77. The van der Waals surface area contributed by atoms with E-state index < -0.39 is 23.7 Å². The van der Waals surface area contributed by atoms with Crippen LogP contribution in [0.4, 0.5) is 24.7 Å². The molecule has 1 N–H and O–H groups in total. The summed E-state index contributed by atoms with van der Waals surface area (Å²) in [6, 6.07) is 8.04. The van der Waals surface area contributed by atoms with Crippen molar-refractivity contribution in [3.8, 4) is 11.1 Å². The van der Waals surface area contributed by atoms with Gasteiger partial charge in [-0.1, -0.05) is 13.8 Å². The first-order valence-corrected chi connectivity index (χ1v) is 10.4. The summed E-state index contributed by atoms with van der Waals surface area (Å²) in [6.07, 6.45) is 2.21. The van der Waals surface area contributed by atoms with Gasteiger partial charge >= 0.3 is 0 Å². The second kappa shape index (κ2) is 8.98. The predicted molar refractivity (Wildman–Crippen MR) is 118 cm³/mol. The fourth-order valence-electron chi connectivity index (χ4n) is 3.72. The molecule has 0 radical (unpaired) electrons. The summed E-state index contributed by atoms with van der Waals surface area (Å²) in [4.78, 5) is 23.4. The lowest BCUT2D eigenvalue weighted by Gasteiger charge is -2.23. The fraction of sp³-hybridized carbons (Fsp3) is 0.292. The van der Waals surface area contributed by atoms with E-state index in [1.54, 1.807) is 17.0 Å². The van der Waals surface area contributed by atoms with Gasteiger partial charge in [0.1, 0.15) is 17.8 Å². The highest BCUT2D eigenvalue weighted by Gasteiger charge is 2.27. The van der Waals surface area contributed by atoms with Crippen molar-refractivity contribution in [1.29, 1.82) is 0 Å². The maximum Gasteiger partial charge on any atom is 0.257 e. The van der Waals surface area contributed by atoms with E-state index in [9.17, 15) is 18.0 Å². The van der Waals surface area contributed by atoms with Crippen LogP contribution in [0.3, 0.4) is 0 Å². The molecule has 1 aliphatic rings. The molecular weight excluding hydrogens is 417 g/mol. The Morgan fingerprint density at radius 1 is 1.12 bits per heavy atom. The van der Waals surface area contributed by atoms with Crippen LogP contribution in [0.5, 0.6) is 0 Å². The van der Waals surface area contributed by atoms with Gasteiger partial charge in [-0.25, -0.2) is 18.2 Å². The average Bonchev–Trinajstić information content (AvgIpc) is 3.21. The fourth-order valence-corrected chi connectivity index (χ4v) is 3.72. The number of carbonyl (C=O) groups excluding carboxylic acids is 1. The summed E-state index contributed by atoms with van der Waals surface area (Å²) in [5.41, 5.74) is 1.59. The van der Waals surface area contributed by atoms with E-state index in [0.29, 0.717) is 24.3 Å².